The smallest absolute Gasteiger partial charge is 0.410 e. The van der Waals surface area contributed by atoms with Crippen LogP contribution >= 0.6 is 0 Å². The molecule has 0 spiro atoms. The molecule has 0 atom stereocenters. The molecule has 0 bridgehead atoms. The third-order valence-electron chi connectivity index (χ3n) is 6.74. The lowest BCUT2D eigenvalue weighted by molar-refractivity contribution is -0.384. The van der Waals surface area contributed by atoms with Gasteiger partial charge in [-0.3, -0.25) is 19.8 Å². The fourth-order valence-electron chi connectivity index (χ4n) is 4.77. The Hall–Kier alpha value is -5.44. The number of nitro groups is 1. The number of nitro benzene ring substituents is 1. The summed E-state index contributed by atoms with van der Waals surface area (Å²) < 4.78 is 5.68. The van der Waals surface area contributed by atoms with Crippen LogP contribution in [0.3, 0.4) is 0 Å². The van der Waals surface area contributed by atoms with E-state index in [1.54, 1.807) is 11.0 Å². The number of carbonyl (C=O) groups excluding carboxylic acids is 2. The van der Waals surface area contributed by atoms with Crippen LogP contribution in [-0.4, -0.2) is 27.4 Å². The normalized spacial score (nSPS) is 13.5. The Kier molecular flexibility index (Phi) is 8.25. The molecule has 0 aromatic heterocycles. The second-order valence-corrected chi connectivity index (χ2v) is 11.2. The van der Waals surface area contributed by atoms with Gasteiger partial charge in [0.05, 0.1) is 16.2 Å². The number of hydrogen-bond donors (Lipinski definition) is 2. The van der Waals surface area contributed by atoms with Crippen LogP contribution in [0, 0.1) is 10.1 Å². The summed E-state index contributed by atoms with van der Waals surface area (Å²) in [6.45, 7) is 6.24. The Morgan fingerprint density at radius 1 is 0.884 bits per heavy atom. The van der Waals surface area contributed by atoms with Gasteiger partial charge >= 0.3 is 6.09 Å². The van der Waals surface area contributed by atoms with Gasteiger partial charge in [-0.1, -0.05) is 72.8 Å². The first-order valence-electron chi connectivity index (χ1n) is 13.8. The molecule has 1 heterocycles. The lowest BCUT2D eigenvalue weighted by Gasteiger charge is -2.27. The van der Waals surface area contributed by atoms with E-state index in [0.717, 1.165) is 16.7 Å². The molecule has 218 valence electrons. The molecule has 0 unspecified atom stereocenters. The number of hydrogen-bond acceptors (Lipinski definition) is 6. The van der Waals surface area contributed by atoms with Crippen molar-refractivity contribution in [3.63, 3.8) is 0 Å². The Morgan fingerprint density at radius 3 is 2.09 bits per heavy atom. The van der Waals surface area contributed by atoms with E-state index in [2.05, 4.69) is 10.6 Å². The molecule has 4 aromatic carbocycles. The van der Waals surface area contributed by atoms with Crippen LogP contribution in [0.2, 0.25) is 0 Å². The van der Waals surface area contributed by atoms with E-state index < -0.39 is 16.6 Å². The quantitative estimate of drug-likeness (QED) is 0.128. The predicted molar refractivity (Wildman–Crippen MR) is 167 cm³/mol. The number of amides is 2. The molecule has 0 fully saturated rings. The molecule has 0 aliphatic carbocycles. The van der Waals surface area contributed by atoms with Gasteiger partial charge in [0.15, 0.2) is 0 Å². The van der Waals surface area contributed by atoms with Crippen LogP contribution in [0.1, 0.15) is 43.0 Å². The fourth-order valence-corrected chi connectivity index (χ4v) is 4.77. The monoisotopic (exact) mass is 576 g/mol. The van der Waals surface area contributed by atoms with E-state index in [9.17, 15) is 19.7 Å². The Morgan fingerprint density at radius 2 is 1.49 bits per heavy atom. The molecule has 0 radical (unpaired) electrons. The lowest BCUT2D eigenvalue weighted by atomic mass is 9.99. The average molecular weight is 577 g/mol. The molecule has 9 nitrogen and oxygen atoms in total. The molecule has 4 aromatic rings. The van der Waals surface area contributed by atoms with Crippen LogP contribution in [0.25, 0.3) is 11.3 Å². The van der Waals surface area contributed by atoms with Gasteiger partial charge < -0.3 is 15.4 Å². The summed E-state index contributed by atoms with van der Waals surface area (Å²) in [7, 11) is 0. The molecule has 2 N–H and O–H groups in total. The van der Waals surface area contributed by atoms with Gasteiger partial charge in [-0.25, -0.2) is 4.79 Å². The van der Waals surface area contributed by atoms with Gasteiger partial charge in [-0.15, -0.1) is 0 Å². The molecular formula is C34H32N4O5. The highest BCUT2D eigenvalue weighted by atomic mass is 16.6. The van der Waals surface area contributed by atoms with E-state index in [1.165, 1.54) is 12.1 Å². The summed E-state index contributed by atoms with van der Waals surface area (Å²) in [5.74, 6) is -0.354. The summed E-state index contributed by atoms with van der Waals surface area (Å²) in [4.78, 5) is 38.9. The zero-order valence-electron chi connectivity index (χ0n) is 24.2. The lowest BCUT2D eigenvalue weighted by Crippen LogP contribution is -2.36. The topological polar surface area (TPSA) is 114 Å². The van der Waals surface area contributed by atoms with Gasteiger partial charge in [-0.05, 0) is 55.7 Å². The zero-order valence-corrected chi connectivity index (χ0v) is 24.2. The van der Waals surface area contributed by atoms with Crippen molar-refractivity contribution in [1.82, 2.24) is 4.90 Å². The number of anilines is 2. The number of carbonyl (C=O) groups is 2. The van der Waals surface area contributed by atoms with Crippen molar-refractivity contribution < 1.29 is 19.2 Å². The minimum absolute atomic E-state index is 0.102. The third-order valence-corrected chi connectivity index (χ3v) is 6.74. The Bertz CT molecular complexity index is 1680. The van der Waals surface area contributed by atoms with Crippen LogP contribution in [-0.2, 0) is 22.6 Å². The molecule has 0 saturated heterocycles. The Labute approximate surface area is 250 Å². The number of nitrogens with one attached hydrogen (secondary N) is 2. The highest BCUT2D eigenvalue weighted by molar-refractivity contribution is 6.37. The van der Waals surface area contributed by atoms with Crippen molar-refractivity contribution in [1.29, 1.82) is 0 Å². The van der Waals surface area contributed by atoms with Gasteiger partial charge in [0, 0.05) is 42.2 Å². The molecule has 1 aliphatic heterocycles. The van der Waals surface area contributed by atoms with Crippen molar-refractivity contribution in [3.8, 4) is 0 Å². The maximum Gasteiger partial charge on any atom is 0.410 e. The highest BCUT2D eigenvalue weighted by Gasteiger charge is 2.30. The van der Waals surface area contributed by atoms with Crippen LogP contribution in [0.5, 0.6) is 0 Å². The summed E-state index contributed by atoms with van der Waals surface area (Å²) in [6, 6.07) is 31.0. The number of benzene rings is 4. The first kappa shape index (κ1) is 29.1. The van der Waals surface area contributed by atoms with E-state index in [0.29, 0.717) is 41.3 Å². The van der Waals surface area contributed by atoms with Crippen LogP contribution < -0.4 is 10.6 Å². The molecule has 43 heavy (non-hydrogen) atoms. The predicted octanol–water partition coefficient (Wildman–Crippen LogP) is 7.46. The summed E-state index contributed by atoms with van der Waals surface area (Å²) in [6.07, 6.45) is -0.408. The van der Waals surface area contributed by atoms with Crippen molar-refractivity contribution in [2.24, 2.45) is 0 Å². The van der Waals surface area contributed by atoms with E-state index in [4.69, 9.17) is 4.74 Å². The standard InChI is InChI=1S/C34H32N4O5/c1-34(2,3)43-33(40)37(21-23-10-6-4-7-11-23)22-24-14-16-26(17-15-24)35-31(25-12-8-5-9-13-25)30-28-20-27(38(41)42)18-19-29(28)36-32(30)39/h4-20,35H,21-22H2,1-3H3,(H,36,39)/b31-30-. The fraction of sp³-hybridized carbons (Fsp3) is 0.176. The van der Waals surface area contributed by atoms with Crippen molar-refractivity contribution >= 4 is 40.3 Å². The second-order valence-electron chi connectivity index (χ2n) is 11.2. The largest absolute Gasteiger partial charge is 0.444 e. The van der Waals surface area contributed by atoms with Crippen LogP contribution in [0.4, 0.5) is 21.9 Å². The summed E-state index contributed by atoms with van der Waals surface area (Å²) >= 11 is 0. The van der Waals surface area contributed by atoms with Gasteiger partial charge in [0.25, 0.3) is 11.6 Å². The number of nitrogens with zero attached hydrogens (tertiary/aromatic N) is 2. The summed E-state index contributed by atoms with van der Waals surface area (Å²) in [5, 5.41) is 17.7. The van der Waals surface area contributed by atoms with Gasteiger partial charge in [-0.2, -0.15) is 0 Å². The first-order valence-corrected chi connectivity index (χ1v) is 13.8. The zero-order chi connectivity index (χ0) is 30.6. The third kappa shape index (κ3) is 7.08. The average Bonchev–Trinajstić information content (AvgIpc) is 3.31. The van der Waals surface area contributed by atoms with E-state index >= 15 is 0 Å². The van der Waals surface area contributed by atoms with Crippen molar-refractivity contribution in [3.05, 3.63) is 135 Å². The minimum Gasteiger partial charge on any atom is -0.444 e. The minimum atomic E-state index is -0.632. The summed E-state index contributed by atoms with van der Waals surface area (Å²) in [5.41, 5.74) is 4.39. The van der Waals surface area contributed by atoms with Crippen molar-refractivity contribution in [2.75, 3.05) is 10.6 Å². The molecular weight excluding hydrogens is 544 g/mol. The second kappa shape index (κ2) is 12.2. The van der Waals surface area contributed by atoms with Crippen molar-refractivity contribution in [2.45, 2.75) is 39.5 Å². The van der Waals surface area contributed by atoms with E-state index in [-0.39, 0.29) is 11.6 Å². The molecule has 9 heteroatoms. The number of rotatable bonds is 8. The Balaban J connectivity index is 1.45. The van der Waals surface area contributed by atoms with Gasteiger partial charge in [0.1, 0.15) is 5.60 Å². The number of fused-ring (bicyclic) bond motifs is 1. The number of ether oxygens (including phenoxy) is 1. The highest BCUT2D eigenvalue weighted by Crippen LogP contribution is 2.39. The molecule has 5 rings (SSSR count). The van der Waals surface area contributed by atoms with E-state index in [1.807, 2.05) is 106 Å². The van der Waals surface area contributed by atoms with Gasteiger partial charge in [0.2, 0.25) is 0 Å². The SMILES string of the molecule is CC(C)(C)OC(=O)N(Cc1ccccc1)Cc1ccc(N/C(=C2\C(=O)Nc3ccc([N+](=O)[O-])cc32)c2ccccc2)cc1. The number of non-ortho nitro benzene ring substituents is 1. The molecule has 0 saturated carbocycles. The van der Waals surface area contributed by atoms with Crippen LogP contribution in [0.15, 0.2) is 103 Å². The maximum absolute atomic E-state index is 13.2. The first-order chi connectivity index (χ1) is 20.6. The maximum atomic E-state index is 13.2. The molecule has 1 aliphatic rings. The molecule has 2 amide bonds.